The monoisotopic (exact) mass is 399 g/mol. The number of hydrogen-bond acceptors (Lipinski definition) is 4. The van der Waals surface area contributed by atoms with Gasteiger partial charge in [-0.25, -0.2) is 4.39 Å². The second-order valence-corrected chi connectivity index (χ2v) is 7.14. The van der Waals surface area contributed by atoms with Crippen LogP contribution in [0.2, 0.25) is 10.0 Å². The minimum Gasteiger partial charge on any atom is -0.490 e. The summed E-state index contributed by atoms with van der Waals surface area (Å²) in [4.78, 5) is 4.45. The minimum atomic E-state index is -0.421. The van der Waals surface area contributed by atoms with Gasteiger partial charge in [0.25, 0.3) is 0 Å². The normalized spacial score (nSPS) is 13.7. The maximum atomic E-state index is 13.9. The molecule has 7 heteroatoms. The van der Waals surface area contributed by atoms with Crippen molar-refractivity contribution in [3.63, 3.8) is 0 Å². The van der Waals surface area contributed by atoms with Crippen LogP contribution in [0.5, 0.6) is 11.5 Å². The summed E-state index contributed by atoms with van der Waals surface area (Å²) in [6.07, 6.45) is 0. The molecule has 1 heterocycles. The zero-order valence-corrected chi connectivity index (χ0v) is 15.8. The van der Waals surface area contributed by atoms with E-state index in [4.69, 9.17) is 32.7 Å². The SMILES string of the molecule is CCOc1cc(C2=NCCS2)cc(Cl)c1OCc1c(F)cccc1Cl. The van der Waals surface area contributed by atoms with Crippen molar-refractivity contribution >= 4 is 40.0 Å². The molecular formula is C18H16Cl2FNO2S. The zero-order chi connectivity index (χ0) is 17.8. The van der Waals surface area contributed by atoms with E-state index in [0.717, 1.165) is 22.9 Å². The van der Waals surface area contributed by atoms with Gasteiger partial charge >= 0.3 is 0 Å². The second kappa shape index (κ2) is 8.30. The van der Waals surface area contributed by atoms with Gasteiger partial charge in [-0.1, -0.05) is 29.3 Å². The number of nitrogens with zero attached hydrogens (tertiary/aromatic N) is 1. The van der Waals surface area contributed by atoms with Crippen molar-refractivity contribution < 1.29 is 13.9 Å². The van der Waals surface area contributed by atoms with E-state index in [1.54, 1.807) is 30.0 Å². The third kappa shape index (κ3) is 4.22. The third-order valence-corrected chi connectivity index (χ3v) is 5.22. The summed E-state index contributed by atoms with van der Waals surface area (Å²) in [6, 6.07) is 8.15. The Labute approximate surface area is 160 Å². The van der Waals surface area contributed by atoms with Crippen molar-refractivity contribution in [2.75, 3.05) is 18.9 Å². The highest BCUT2D eigenvalue weighted by Crippen LogP contribution is 2.39. The number of aliphatic imine (C=N–C) groups is 1. The van der Waals surface area contributed by atoms with E-state index in [-0.39, 0.29) is 12.2 Å². The Morgan fingerprint density at radius 3 is 2.72 bits per heavy atom. The van der Waals surface area contributed by atoms with Crippen molar-refractivity contribution in [1.82, 2.24) is 0 Å². The standard InChI is InChI=1S/C18H16Cl2FNO2S/c1-2-23-16-9-11(18-22-6-7-25-18)8-14(20)17(16)24-10-12-13(19)4-3-5-15(12)21/h3-5,8-9H,2,6-7,10H2,1H3. The Morgan fingerprint density at radius 1 is 1.20 bits per heavy atom. The van der Waals surface area contributed by atoms with Crippen LogP contribution in [0.4, 0.5) is 4.39 Å². The van der Waals surface area contributed by atoms with E-state index in [1.165, 1.54) is 6.07 Å². The first-order chi connectivity index (χ1) is 12.1. The van der Waals surface area contributed by atoms with Crippen LogP contribution in [0.3, 0.4) is 0 Å². The van der Waals surface area contributed by atoms with Crippen molar-refractivity contribution in [2.24, 2.45) is 4.99 Å². The lowest BCUT2D eigenvalue weighted by Gasteiger charge is -2.16. The van der Waals surface area contributed by atoms with Crippen LogP contribution in [0, 0.1) is 5.82 Å². The number of halogens is 3. The summed E-state index contributed by atoms with van der Waals surface area (Å²) in [7, 11) is 0. The van der Waals surface area contributed by atoms with Gasteiger partial charge in [-0.05, 0) is 31.2 Å². The quantitative estimate of drug-likeness (QED) is 0.632. The molecule has 1 aliphatic heterocycles. The third-order valence-electron chi connectivity index (χ3n) is 3.56. The molecule has 25 heavy (non-hydrogen) atoms. The molecule has 2 aromatic rings. The minimum absolute atomic E-state index is 0.0413. The highest BCUT2D eigenvalue weighted by Gasteiger charge is 2.18. The van der Waals surface area contributed by atoms with Crippen LogP contribution in [0.15, 0.2) is 35.3 Å². The second-order valence-electron chi connectivity index (χ2n) is 5.24. The Morgan fingerprint density at radius 2 is 2.04 bits per heavy atom. The molecule has 0 fully saturated rings. The van der Waals surface area contributed by atoms with Gasteiger partial charge in [-0.15, -0.1) is 11.8 Å². The van der Waals surface area contributed by atoms with Crippen LogP contribution in [0.1, 0.15) is 18.1 Å². The smallest absolute Gasteiger partial charge is 0.180 e. The highest BCUT2D eigenvalue weighted by atomic mass is 35.5. The van der Waals surface area contributed by atoms with Crippen LogP contribution < -0.4 is 9.47 Å². The van der Waals surface area contributed by atoms with Crippen molar-refractivity contribution in [3.8, 4) is 11.5 Å². The molecule has 0 N–H and O–H groups in total. The predicted molar refractivity (Wildman–Crippen MR) is 102 cm³/mol. The summed E-state index contributed by atoms with van der Waals surface area (Å²) in [6.45, 7) is 3.09. The van der Waals surface area contributed by atoms with Crippen molar-refractivity contribution in [3.05, 3.63) is 57.3 Å². The highest BCUT2D eigenvalue weighted by molar-refractivity contribution is 8.14. The molecule has 0 aromatic heterocycles. The van der Waals surface area contributed by atoms with Gasteiger partial charge in [-0.3, -0.25) is 4.99 Å². The molecule has 3 nitrogen and oxygen atoms in total. The lowest BCUT2D eigenvalue weighted by atomic mass is 10.2. The topological polar surface area (TPSA) is 30.8 Å². The Balaban J connectivity index is 1.89. The molecule has 0 saturated heterocycles. The van der Waals surface area contributed by atoms with Gasteiger partial charge in [0.05, 0.1) is 21.7 Å². The fourth-order valence-corrected chi connectivity index (χ4v) is 3.74. The fourth-order valence-electron chi connectivity index (χ4n) is 2.42. The maximum absolute atomic E-state index is 13.9. The summed E-state index contributed by atoms with van der Waals surface area (Å²) < 4.78 is 25.3. The number of rotatable bonds is 6. The van der Waals surface area contributed by atoms with Gasteiger partial charge in [0, 0.05) is 23.4 Å². The van der Waals surface area contributed by atoms with E-state index in [1.807, 2.05) is 13.0 Å². The summed E-state index contributed by atoms with van der Waals surface area (Å²) >= 11 is 14.1. The van der Waals surface area contributed by atoms with Gasteiger partial charge in [0.1, 0.15) is 12.4 Å². The van der Waals surface area contributed by atoms with Gasteiger partial charge in [0.2, 0.25) is 0 Å². The molecule has 0 radical (unpaired) electrons. The van der Waals surface area contributed by atoms with Gasteiger partial charge in [-0.2, -0.15) is 0 Å². The average molecular weight is 400 g/mol. The molecule has 0 atom stereocenters. The lowest BCUT2D eigenvalue weighted by Crippen LogP contribution is -2.04. The maximum Gasteiger partial charge on any atom is 0.180 e. The van der Waals surface area contributed by atoms with E-state index in [0.29, 0.717) is 28.2 Å². The fraction of sp³-hybridized carbons (Fsp3) is 0.278. The number of thioether (sulfide) groups is 1. The number of benzene rings is 2. The van der Waals surface area contributed by atoms with Gasteiger partial charge in [0.15, 0.2) is 11.5 Å². The summed E-state index contributed by atoms with van der Waals surface area (Å²) in [5.41, 5.74) is 1.18. The van der Waals surface area contributed by atoms with E-state index < -0.39 is 5.82 Å². The van der Waals surface area contributed by atoms with Crippen LogP contribution in [-0.4, -0.2) is 23.9 Å². The van der Waals surface area contributed by atoms with E-state index in [9.17, 15) is 4.39 Å². The van der Waals surface area contributed by atoms with Crippen molar-refractivity contribution in [1.29, 1.82) is 0 Å². The Kier molecular flexibility index (Phi) is 6.10. The van der Waals surface area contributed by atoms with E-state index >= 15 is 0 Å². The molecule has 0 amide bonds. The average Bonchev–Trinajstić information content (AvgIpc) is 3.11. The molecule has 0 spiro atoms. The summed E-state index contributed by atoms with van der Waals surface area (Å²) in [5, 5.41) is 1.64. The lowest BCUT2D eigenvalue weighted by molar-refractivity contribution is 0.266. The van der Waals surface area contributed by atoms with Crippen molar-refractivity contribution in [2.45, 2.75) is 13.5 Å². The predicted octanol–water partition coefficient (Wildman–Crippen LogP) is 5.60. The molecule has 0 bridgehead atoms. The molecule has 1 aliphatic rings. The first kappa shape index (κ1) is 18.4. The molecule has 0 unspecified atom stereocenters. The first-order valence-electron chi connectivity index (χ1n) is 7.79. The molecular weight excluding hydrogens is 384 g/mol. The van der Waals surface area contributed by atoms with Crippen LogP contribution >= 0.6 is 35.0 Å². The largest absolute Gasteiger partial charge is 0.490 e. The Hall–Kier alpha value is -1.43. The van der Waals surface area contributed by atoms with Crippen LogP contribution in [0.25, 0.3) is 0 Å². The van der Waals surface area contributed by atoms with E-state index in [2.05, 4.69) is 4.99 Å². The molecule has 0 aliphatic carbocycles. The van der Waals surface area contributed by atoms with Crippen LogP contribution in [-0.2, 0) is 6.61 Å². The van der Waals surface area contributed by atoms with Gasteiger partial charge < -0.3 is 9.47 Å². The first-order valence-corrected chi connectivity index (χ1v) is 9.54. The zero-order valence-electron chi connectivity index (χ0n) is 13.5. The number of hydrogen-bond donors (Lipinski definition) is 0. The Bertz CT molecular complexity index is 794. The summed E-state index contributed by atoms with van der Waals surface area (Å²) in [5.74, 6) is 1.42. The molecule has 132 valence electrons. The molecule has 0 saturated carbocycles. The molecule has 2 aromatic carbocycles. The molecule has 3 rings (SSSR count). The number of ether oxygens (including phenoxy) is 2.